The Hall–Kier alpha value is -1.63. The quantitative estimate of drug-likeness (QED) is 0.585. The van der Waals surface area contributed by atoms with E-state index in [2.05, 4.69) is 47.2 Å². The zero-order valence-electron chi connectivity index (χ0n) is 9.19. The molecule has 0 bridgehead atoms. The molecule has 1 aliphatic heterocycles. The van der Waals surface area contributed by atoms with Gasteiger partial charge in [-0.1, -0.05) is 24.3 Å². The second kappa shape index (κ2) is 2.94. The standard InChI is InChI=1S/C15H14N/c1-2-6-13-12(4-1)10-16-9-3-5-11-7-8-14(13)15(11)16/h1-6,9,14H,7-8,10H2/q+1. The lowest BCUT2D eigenvalue weighted by molar-refractivity contribution is -0.698. The number of hydrogen-bond acceptors (Lipinski definition) is 0. The van der Waals surface area contributed by atoms with Crippen molar-refractivity contribution in [3.05, 3.63) is 65.0 Å². The minimum absolute atomic E-state index is 0.654. The highest BCUT2D eigenvalue weighted by Crippen LogP contribution is 2.39. The molecule has 0 radical (unpaired) electrons. The molecular formula is C15H14N+. The highest BCUT2D eigenvalue weighted by atomic mass is 15.0. The number of hydrogen-bond donors (Lipinski definition) is 0. The first kappa shape index (κ1) is 8.51. The van der Waals surface area contributed by atoms with Crippen LogP contribution in [0.1, 0.15) is 34.7 Å². The normalized spacial score (nSPS) is 20.4. The monoisotopic (exact) mass is 208 g/mol. The van der Waals surface area contributed by atoms with Crippen molar-refractivity contribution in [1.29, 1.82) is 0 Å². The fourth-order valence-electron chi connectivity index (χ4n) is 3.33. The number of aryl methyl sites for hydroxylation is 1. The predicted molar refractivity (Wildman–Crippen MR) is 62.3 cm³/mol. The lowest BCUT2D eigenvalue weighted by Crippen LogP contribution is -2.43. The van der Waals surface area contributed by atoms with Gasteiger partial charge in [-0.15, -0.1) is 0 Å². The largest absolute Gasteiger partial charge is 0.197 e. The molecule has 0 amide bonds. The second-order valence-electron chi connectivity index (χ2n) is 4.84. The Morgan fingerprint density at radius 2 is 1.88 bits per heavy atom. The van der Waals surface area contributed by atoms with Crippen LogP contribution in [0.3, 0.4) is 0 Å². The summed E-state index contributed by atoms with van der Waals surface area (Å²) < 4.78 is 2.44. The molecule has 1 aromatic carbocycles. The van der Waals surface area contributed by atoms with Gasteiger partial charge in [0.2, 0.25) is 0 Å². The molecule has 1 aliphatic carbocycles. The molecule has 1 nitrogen and oxygen atoms in total. The van der Waals surface area contributed by atoms with Gasteiger partial charge in [-0.2, -0.15) is 4.57 Å². The van der Waals surface area contributed by atoms with E-state index >= 15 is 0 Å². The van der Waals surface area contributed by atoms with Crippen molar-refractivity contribution in [3.63, 3.8) is 0 Å². The van der Waals surface area contributed by atoms with Crippen molar-refractivity contribution in [3.8, 4) is 0 Å². The van der Waals surface area contributed by atoms with E-state index in [-0.39, 0.29) is 0 Å². The van der Waals surface area contributed by atoms with Gasteiger partial charge < -0.3 is 0 Å². The van der Waals surface area contributed by atoms with Crippen molar-refractivity contribution >= 4 is 0 Å². The number of benzene rings is 1. The minimum atomic E-state index is 0.654. The molecule has 0 saturated heterocycles. The third-order valence-electron chi connectivity index (χ3n) is 4.01. The topological polar surface area (TPSA) is 3.88 Å². The first-order valence-corrected chi connectivity index (χ1v) is 6.02. The fraction of sp³-hybridized carbons (Fsp3) is 0.267. The molecule has 16 heavy (non-hydrogen) atoms. The lowest BCUT2D eigenvalue weighted by Gasteiger charge is -2.19. The highest BCUT2D eigenvalue weighted by molar-refractivity contribution is 5.41. The van der Waals surface area contributed by atoms with Gasteiger partial charge in [0.15, 0.2) is 18.4 Å². The summed E-state index contributed by atoms with van der Waals surface area (Å²) in [5.41, 5.74) is 6.19. The van der Waals surface area contributed by atoms with Crippen molar-refractivity contribution in [2.24, 2.45) is 0 Å². The summed E-state index contributed by atoms with van der Waals surface area (Å²) in [4.78, 5) is 0. The molecule has 1 heteroatoms. The van der Waals surface area contributed by atoms with Crippen molar-refractivity contribution in [1.82, 2.24) is 0 Å². The summed E-state index contributed by atoms with van der Waals surface area (Å²) in [5, 5.41) is 0. The first-order chi connectivity index (χ1) is 7.93. The molecule has 2 aromatic rings. The number of nitrogens with zero attached hydrogens (tertiary/aromatic N) is 1. The van der Waals surface area contributed by atoms with Crippen LogP contribution in [0.5, 0.6) is 0 Å². The summed E-state index contributed by atoms with van der Waals surface area (Å²) >= 11 is 0. The average molecular weight is 208 g/mol. The van der Waals surface area contributed by atoms with E-state index in [0.29, 0.717) is 5.92 Å². The van der Waals surface area contributed by atoms with E-state index < -0.39 is 0 Å². The summed E-state index contributed by atoms with van der Waals surface area (Å²) in [7, 11) is 0. The Balaban J connectivity index is 2.01. The number of aromatic nitrogens is 1. The summed E-state index contributed by atoms with van der Waals surface area (Å²) in [6, 6.07) is 13.4. The molecule has 2 aliphatic rings. The zero-order valence-corrected chi connectivity index (χ0v) is 9.19. The maximum atomic E-state index is 2.44. The summed E-state index contributed by atoms with van der Waals surface area (Å²) in [6.07, 6.45) is 4.76. The van der Waals surface area contributed by atoms with Gasteiger partial charge in [-0.3, -0.25) is 0 Å². The molecule has 78 valence electrons. The Morgan fingerprint density at radius 3 is 2.88 bits per heavy atom. The van der Waals surface area contributed by atoms with Gasteiger partial charge >= 0.3 is 0 Å². The maximum absolute atomic E-state index is 2.44. The molecule has 0 saturated carbocycles. The third kappa shape index (κ3) is 0.981. The predicted octanol–water partition coefficient (Wildman–Crippen LogP) is 2.41. The van der Waals surface area contributed by atoms with Crippen molar-refractivity contribution in [2.45, 2.75) is 25.3 Å². The van der Waals surface area contributed by atoms with E-state index in [1.807, 2.05) is 0 Å². The Morgan fingerprint density at radius 1 is 1.00 bits per heavy atom. The van der Waals surface area contributed by atoms with Gasteiger partial charge in [0.25, 0.3) is 0 Å². The Bertz CT molecular complexity index is 571. The van der Waals surface area contributed by atoms with Gasteiger partial charge in [0.05, 0.1) is 5.92 Å². The molecule has 1 atom stereocenters. The van der Waals surface area contributed by atoms with E-state index in [9.17, 15) is 0 Å². The van der Waals surface area contributed by atoms with E-state index in [1.54, 1.807) is 16.8 Å². The van der Waals surface area contributed by atoms with Crippen molar-refractivity contribution < 1.29 is 4.57 Å². The number of pyridine rings is 1. The molecule has 2 heterocycles. The van der Waals surface area contributed by atoms with E-state index in [4.69, 9.17) is 0 Å². The van der Waals surface area contributed by atoms with Crippen LogP contribution in [0.2, 0.25) is 0 Å². The van der Waals surface area contributed by atoms with Gasteiger partial charge in [0.1, 0.15) is 0 Å². The van der Waals surface area contributed by atoms with Crippen LogP contribution < -0.4 is 4.57 Å². The van der Waals surface area contributed by atoms with E-state index in [0.717, 1.165) is 6.54 Å². The highest BCUT2D eigenvalue weighted by Gasteiger charge is 2.37. The fourth-order valence-corrected chi connectivity index (χ4v) is 3.33. The maximum Gasteiger partial charge on any atom is 0.192 e. The average Bonchev–Trinajstić information content (AvgIpc) is 2.76. The zero-order chi connectivity index (χ0) is 10.5. The molecule has 1 aromatic heterocycles. The van der Waals surface area contributed by atoms with Crippen LogP contribution in [0.25, 0.3) is 0 Å². The van der Waals surface area contributed by atoms with Gasteiger partial charge in [-0.05, 0) is 24.5 Å². The van der Waals surface area contributed by atoms with Crippen LogP contribution >= 0.6 is 0 Å². The molecule has 4 rings (SSSR count). The molecule has 0 fully saturated rings. The van der Waals surface area contributed by atoms with Crippen LogP contribution in [0.15, 0.2) is 42.6 Å². The minimum Gasteiger partial charge on any atom is -0.197 e. The SMILES string of the molecule is c1ccc2c(c1)C[n+]1cccc3c1C2CC3. The van der Waals surface area contributed by atoms with Crippen LogP contribution in [-0.2, 0) is 13.0 Å². The number of rotatable bonds is 0. The second-order valence-corrected chi connectivity index (χ2v) is 4.84. The molecular weight excluding hydrogens is 194 g/mol. The van der Waals surface area contributed by atoms with Crippen molar-refractivity contribution in [2.75, 3.05) is 0 Å². The summed E-state index contributed by atoms with van der Waals surface area (Å²) in [6.45, 7) is 1.05. The lowest BCUT2D eigenvalue weighted by atomic mass is 9.89. The van der Waals surface area contributed by atoms with Gasteiger partial charge in [0, 0.05) is 17.2 Å². The summed E-state index contributed by atoms with van der Waals surface area (Å²) in [5.74, 6) is 0.654. The smallest absolute Gasteiger partial charge is 0.192 e. The molecule has 0 spiro atoms. The Labute approximate surface area is 95.4 Å². The first-order valence-electron chi connectivity index (χ1n) is 6.02. The van der Waals surface area contributed by atoms with Gasteiger partial charge in [-0.25, -0.2) is 0 Å². The van der Waals surface area contributed by atoms with Crippen LogP contribution in [-0.4, -0.2) is 0 Å². The number of fused-ring (bicyclic) bond motifs is 2. The third-order valence-corrected chi connectivity index (χ3v) is 4.01. The van der Waals surface area contributed by atoms with Crippen LogP contribution in [0.4, 0.5) is 0 Å². The van der Waals surface area contributed by atoms with Crippen LogP contribution in [0, 0.1) is 0 Å². The Kier molecular flexibility index (Phi) is 1.57. The van der Waals surface area contributed by atoms with E-state index in [1.165, 1.54) is 18.4 Å². The molecule has 0 N–H and O–H groups in total. The molecule has 1 unspecified atom stereocenters.